The summed E-state index contributed by atoms with van der Waals surface area (Å²) in [6, 6.07) is 10.7. The number of nitro groups is 2. The van der Waals surface area contributed by atoms with E-state index in [9.17, 15) is 49.0 Å². The summed E-state index contributed by atoms with van der Waals surface area (Å²) < 4.78 is 9.13. The number of carbonyl (C=O) groups is 6. The molecule has 23 heteroatoms. The summed E-state index contributed by atoms with van der Waals surface area (Å²) in [5, 5.41) is 40.7. The smallest absolute Gasteiger partial charge is 0.338 e. The van der Waals surface area contributed by atoms with Gasteiger partial charge in [-0.1, -0.05) is 12.1 Å². The third-order valence-electron chi connectivity index (χ3n) is 9.18. The van der Waals surface area contributed by atoms with E-state index in [1.807, 2.05) is 4.90 Å². The van der Waals surface area contributed by atoms with Crippen LogP contribution in [0.5, 0.6) is 0 Å². The molecule has 3 aliphatic rings. The number of rotatable bonds is 11. The highest BCUT2D eigenvalue weighted by molar-refractivity contribution is 6.67. The zero-order chi connectivity index (χ0) is 47.3. The van der Waals surface area contributed by atoms with Crippen molar-refractivity contribution in [3.05, 3.63) is 79.9 Å². The summed E-state index contributed by atoms with van der Waals surface area (Å²) in [4.78, 5) is 94.2. The number of aliphatic hydroxyl groups is 2. The van der Waals surface area contributed by atoms with Crippen LogP contribution < -0.4 is 5.32 Å². The van der Waals surface area contributed by atoms with Gasteiger partial charge in [0.05, 0.1) is 28.6 Å². The number of β-amino-alcohol motifs (C(OH)–C–C–N with tert-alkyl or cyclic N) is 2. The molecule has 0 bridgehead atoms. The number of nitro benzene ring substituents is 2. The van der Waals surface area contributed by atoms with Gasteiger partial charge in [-0.25, -0.2) is 4.79 Å². The monoisotopic (exact) mass is 910 g/mol. The molecule has 3 aliphatic heterocycles. The second kappa shape index (κ2) is 31.4. The summed E-state index contributed by atoms with van der Waals surface area (Å²) in [6.07, 6.45) is 0. The van der Waals surface area contributed by atoms with Crippen LogP contribution in [0.2, 0.25) is 0 Å². The van der Waals surface area contributed by atoms with Gasteiger partial charge >= 0.3 is 17.9 Å². The normalized spacial score (nSPS) is 15.2. The van der Waals surface area contributed by atoms with Crippen LogP contribution in [0.4, 0.5) is 11.4 Å². The van der Waals surface area contributed by atoms with Crippen molar-refractivity contribution in [2.45, 2.75) is 27.7 Å². The van der Waals surface area contributed by atoms with Gasteiger partial charge in [-0.2, -0.15) is 0 Å². The van der Waals surface area contributed by atoms with E-state index in [1.54, 1.807) is 18.7 Å². The van der Waals surface area contributed by atoms with Crippen LogP contribution in [-0.4, -0.2) is 198 Å². The zero-order valence-corrected chi connectivity index (χ0v) is 36.9. The van der Waals surface area contributed by atoms with Crippen molar-refractivity contribution in [3.8, 4) is 0 Å². The van der Waals surface area contributed by atoms with Crippen molar-refractivity contribution in [3.63, 3.8) is 0 Å². The number of hydrogen-bond acceptors (Lipinski definition) is 18. The first-order valence-electron chi connectivity index (χ1n) is 20.0. The van der Waals surface area contributed by atoms with Crippen molar-refractivity contribution in [2.24, 2.45) is 0 Å². The summed E-state index contributed by atoms with van der Waals surface area (Å²) in [7, 11) is 0. The van der Waals surface area contributed by atoms with Crippen molar-refractivity contribution in [2.75, 3.05) is 118 Å². The Balaban J connectivity index is 0.000000423. The molecule has 2 amide bonds. The number of nitrogens with one attached hydrogen (secondary N) is 1. The Kier molecular flexibility index (Phi) is 27.6. The highest BCUT2D eigenvalue weighted by Crippen LogP contribution is 2.15. The molecule has 3 fully saturated rings. The molecule has 0 unspecified atom stereocenters. The van der Waals surface area contributed by atoms with Crippen LogP contribution >= 0.6 is 11.6 Å². The molecule has 3 saturated heterocycles. The minimum absolute atomic E-state index is 0.0711. The van der Waals surface area contributed by atoms with Crippen LogP contribution in [0.15, 0.2) is 48.5 Å². The number of halogens is 1. The number of ether oxygens (including phenoxy) is 2. The fourth-order valence-electron chi connectivity index (χ4n) is 5.83. The lowest BCUT2D eigenvalue weighted by molar-refractivity contribution is -0.385. The van der Waals surface area contributed by atoms with Crippen molar-refractivity contribution < 1.29 is 58.3 Å². The molecule has 0 spiro atoms. The molecule has 63 heavy (non-hydrogen) atoms. The van der Waals surface area contributed by atoms with Crippen LogP contribution in [0.3, 0.4) is 0 Å². The van der Waals surface area contributed by atoms with Crippen molar-refractivity contribution >= 4 is 57.9 Å². The molecule has 0 saturated carbocycles. The Hall–Kier alpha value is -5.49. The second-order valence-electron chi connectivity index (χ2n) is 13.8. The number of nitrogens with zero attached hydrogens (tertiary/aromatic N) is 7. The number of benzene rings is 2. The van der Waals surface area contributed by atoms with Gasteiger partial charge in [0.15, 0.2) is 0 Å². The van der Waals surface area contributed by atoms with E-state index in [0.717, 1.165) is 84.6 Å². The fourth-order valence-corrected chi connectivity index (χ4v) is 5.95. The first kappa shape index (κ1) is 55.5. The Morgan fingerprint density at radius 3 is 1.40 bits per heavy atom. The van der Waals surface area contributed by atoms with Gasteiger partial charge < -0.3 is 34.8 Å². The Bertz CT molecular complexity index is 1740. The lowest BCUT2D eigenvalue weighted by Gasteiger charge is -2.33. The van der Waals surface area contributed by atoms with Gasteiger partial charge in [0.1, 0.15) is 6.61 Å². The van der Waals surface area contributed by atoms with Gasteiger partial charge in [0, 0.05) is 156 Å². The quantitative estimate of drug-likeness (QED) is 0.0933. The Labute approximate surface area is 370 Å². The van der Waals surface area contributed by atoms with Gasteiger partial charge in [-0.3, -0.25) is 58.9 Å². The van der Waals surface area contributed by atoms with Gasteiger partial charge in [0.25, 0.3) is 16.6 Å². The maximum Gasteiger partial charge on any atom is 0.338 e. The van der Waals surface area contributed by atoms with Crippen LogP contribution in [0.1, 0.15) is 48.4 Å². The van der Waals surface area contributed by atoms with E-state index in [2.05, 4.69) is 24.8 Å². The number of piperazine rings is 3. The lowest BCUT2D eigenvalue weighted by atomic mass is 10.2. The highest BCUT2D eigenvalue weighted by atomic mass is 35.5. The predicted octanol–water partition coefficient (Wildman–Crippen LogP) is 1.01. The van der Waals surface area contributed by atoms with E-state index in [1.165, 1.54) is 56.3 Å². The number of amides is 2. The average Bonchev–Trinajstić information content (AvgIpc) is 3.25. The summed E-state index contributed by atoms with van der Waals surface area (Å²) in [5.74, 6) is -1.48. The van der Waals surface area contributed by atoms with E-state index >= 15 is 0 Å². The fraction of sp³-hybridized carbons (Fsp3) is 0.550. The number of esters is 3. The van der Waals surface area contributed by atoms with E-state index in [-0.39, 0.29) is 47.5 Å². The lowest BCUT2D eigenvalue weighted by Crippen LogP contribution is -2.48. The highest BCUT2D eigenvalue weighted by Gasteiger charge is 2.20. The minimum Gasteiger partial charge on any atom is -0.461 e. The molecule has 0 atom stereocenters. The number of hydrogen-bond donors (Lipinski definition) is 3. The maximum atomic E-state index is 11.9. The molecule has 3 N–H and O–H groups in total. The van der Waals surface area contributed by atoms with Gasteiger partial charge in [-0.15, -0.1) is 0 Å². The largest absolute Gasteiger partial charge is 0.461 e. The third-order valence-corrected chi connectivity index (χ3v) is 9.40. The predicted molar refractivity (Wildman–Crippen MR) is 230 cm³/mol. The SMILES string of the molecule is CC(=O)N1CCN(CCO)CC1.CC(=O)N1CCN(CCOC(=O)c2cccc([N+](=O)[O-])c2)CC1.CC(=O)OC(C)=O.O=C(Cl)c1cccc([N+](=O)[O-])c1.OCCN1CCNCC1. The molecular weight excluding hydrogens is 852 g/mol. The molecule has 3 heterocycles. The number of non-ortho nitro benzene ring substituents is 2. The Morgan fingerprint density at radius 1 is 0.635 bits per heavy atom. The molecule has 2 aromatic carbocycles. The van der Waals surface area contributed by atoms with Crippen LogP contribution in [0.25, 0.3) is 0 Å². The molecule has 0 radical (unpaired) electrons. The summed E-state index contributed by atoms with van der Waals surface area (Å²) in [6.45, 7) is 18.9. The van der Waals surface area contributed by atoms with E-state index < -0.39 is 33.0 Å². The van der Waals surface area contributed by atoms with E-state index in [0.29, 0.717) is 26.2 Å². The number of aliphatic hydroxyl groups excluding tert-OH is 2. The summed E-state index contributed by atoms with van der Waals surface area (Å²) in [5.41, 5.74) is 0.0211. The first-order chi connectivity index (χ1) is 29.9. The maximum absolute atomic E-state index is 11.9. The molecule has 22 nitrogen and oxygen atoms in total. The van der Waals surface area contributed by atoms with Gasteiger partial charge in [-0.05, 0) is 23.7 Å². The first-order valence-corrected chi connectivity index (χ1v) is 20.4. The standard InChI is InChI=1S/C15H19N3O5.C8H16N2O2.C7H4ClNO3.C6H14N2O.C4H6O3/c1-12(19)17-7-5-16(6-8-17)9-10-23-15(20)13-3-2-4-14(11-13)18(21)22;1-8(12)10-4-2-9(3-5-10)6-7-11;8-7(10)5-2-1-3-6(4-5)9(11)12;9-6-5-8-3-1-7-2-4-8;1-3(5)7-4(2)6/h2-4,11H,5-10H2,1H3;11H,2-7H2,1H3;1-4H;7,9H,1-6H2;1-2H3. The molecule has 5 rings (SSSR count). The topological polar surface area (TPSA) is 276 Å². The van der Waals surface area contributed by atoms with Gasteiger partial charge in [0.2, 0.25) is 11.8 Å². The second-order valence-corrected chi connectivity index (χ2v) is 14.2. The molecule has 0 aliphatic carbocycles. The average molecular weight is 911 g/mol. The molecule has 350 valence electrons. The molecular formula is C40H59ClN8O14. The Morgan fingerprint density at radius 2 is 1.03 bits per heavy atom. The van der Waals surface area contributed by atoms with Crippen molar-refractivity contribution in [1.82, 2.24) is 29.8 Å². The summed E-state index contributed by atoms with van der Waals surface area (Å²) >= 11 is 5.12. The van der Waals surface area contributed by atoms with Crippen LogP contribution in [-0.2, 0) is 28.7 Å². The van der Waals surface area contributed by atoms with Crippen LogP contribution in [0, 0.1) is 20.2 Å². The molecule has 2 aromatic rings. The zero-order valence-electron chi connectivity index (χ0n) is 36.1. The third kappa shape index (κ3) is 24.7. The minimum atomic E-state index is -0.696. The molecule has 0 aromatic heterocycles. The van der Waals surface area contributed by atoms with Crippen molar-refractivity contribution in [1.29, 1.82) is 0 Å². The van der Waals surface area contributed by atoms with E-state index in [4.69, 9.17) is 26.6 Å². The number of carbonyl (C=O) groups excluding carboxylic acids is 6.